The Hall–Kier alpha value is 0.530. The van der Waals surface area contributed by atoms with Gasteiger partial charge in [0.2, 0.25) is 0 Å². The molecule has 0 spiro atoms. The molecule has 1 heterocycles. The zero-order chi connectivity index (χ0) is 9.35. The Morgan fingerprint density at radius 2 is 1.75 bits per heavy atom. The zero-order valence-corrected chi connectivity index (χ0v) is 11.2. The van der Waals surface area contributed by atoms with Crippen molar-refractivity contribution < 1.29 is 0 Å². The van der Waals surface area contributed by atoms with Crippen LogP contribution in [-0.4, -0.2) is 20.9 Å². The first kappa shape index (κ1) is 10.6. The van der Waals surface area contributed by atoms with Gasteiger partial charge < -0.3 is 0 Å². The van der Waals surface area contributed by atoms with Crippen LogP contribution in [0.1, 0.15) is 41.0 Å². The van der Waals surface area contributed by atoms with Crippen LogP contribution in [0.5, 0.6) is 0 Å². The first-order valence-corrected chi connectivity index (χ1v) is 7.67. The maximum absolute atomic E-state index is 2.40. The van der Waals surface area contributed by atoms with E-state index in [1.54, 1.807) is 11.1 Å². The van der Waals surface area contributed by atoms with Crippen molar-refractivity contribution in [3.05, 3.63) is 11.1 Å². The molecule has 0 aliphatic carbocycles. The SMILES string of the molecule is CC1=C(C)CC(C(C)(C)C)[Te]C1. The van der Waals surface area contributed by atoms with Crippen molar-refractivity contribution in [2.24, 2.45) is 5.41 Å². The van der Waals surface area contributed by atoms with Gasteiger partial charge >= 0.3 is 87.0 Å². The molecule has 0 nitrogen and oxygen atoms in total. The molecule has 1 unspecified atom stereocenters. The fourth-order valence-electron chi connectivity index (χ4n) is 1.42. The average molecular weight is 280 g/mol. The molecule has 0 bridgehead atoms. The molecular formula is C11H20Te. The molecule has 0 aromatic carbocycles. The summed E-state index contributed by atoms with van der Waals surface area (Å²) in [6, 6.07) is 0. The van der Waals surface area contributed by atoms with Gasteiger partial charge in [-0.25, -0.2) is 0 Å². The molecule has 1 heteroatoms. The molecule has 0 saturated heterocycles. The van der Waals surface area contributed by atoms with Gasteiger partial charge in [-0.15, -0.1) is 0 Å². The van der Waals surface area contributed by atoms with Gasteiger partial charge in [0, 0.05) is 0 Å². The van der Waals surface area contributed by atoms with E-state index in [1.807, 2.05) is 0 Å². The van der Waals surface area contributed by atoms with Crippen LogP contribution in [-0.2, 0) is 0 Å². The molecule has 0 saturated carbocycles. The molecule has 1 atom stereocenters. The van der Waals surface area contributed by atoms with E-state index in [0.29, 0.717) is 5.41 Å². The quantitative estimate of drug-likeness (QED) is 0.469. The summed E-state index contributed by atoms with van der Waals surface area (Å²) in [6.45, 7) is 11.8. The summed E-state index contributed by atoms with van der Waals surface area (Å²) in [5, 5.41) is 0. The summed E-state index contributed by atoms with van der Waals surface area (Å²) in [6.07, 6.45) is 1.39. The van der Waals surface area contributed by atoms with Crippen molar-refractivity contribution in [3.8, 4) is 0 Å². The van der Waals surface area contributed by atoms with E-state index in [9.17, 15) is 0 Å². The Morgan fingerprint density at radius 1 is 1.17 bits per heavy atom. The summed E-state index contributed by atoms with van der Waals surface area (Å²) in [4.78, 5) is 0. The van der Waals surface area contributed by atoms with Crippen LogP contribution in [0, 0.1) is 5.41 Å². The molecule has 12 heavy (non-hydrogen) atoms. The van der Waals surface area contributed by atoms with Gasteiger partial charge in [0.25, 0.3) is 0 Å². The number of hydrogen-bond donors (Lipinski definition) is 0. The van der Waals surface area contributed by atoms with E-state index >= 15 is 0 Å². The van der Waals surface area contributed by atoms with Crippen LogP contribution in [0.15, 0.2) is 11.1 Å². The summed E-state index contributed by atoms with van der Waals surface area (Å²) >= 11 is 0.259. The number of rotatable bonds is 0. The molecule has 0 aromatic heterocycles. The Labute approximate surface area is 86.9 Å². The second-order valence-electron chi connectivity index (χ2n) is 4.93. The van der Waals surface area contributed by atoms with Crippen molar-refractivity contribution >= 4 is 20.9 Å². The fraction of sp³-hybridized carbons (Fsp3) is 0.818. The second-order valence-corrected chi connectivity index (χ2v) is 8.33. The van der Waals surface area contributed by atoms with Crippen molar-refractivity contribution in [2.75, 3.05) is 0 Å². The summed E-state index contributed by atoms with van der Waals surface area (Å²) in [5.41, 5.74) is 3.92. The van der Waals surface area contributed by atoms with Gasteiger partial charge in [0.05, 0.1) is 0 Å². The topological polar surface area (TPSA) is 0 Å². The summed E-state index contributed by atoms with van der Waals surface area (Å²) in [5.74, 6) is 0. The first-order chi connectivity index (χ1) is 5.41. The van der Waals surface area contributed by atoms with Crippen LogP contribution in [0.3, 0.4) is 0 Å². The van der Waals surface area contributed by atoms with E-state index in [4.69, 9.17) is 0 Å². The molecule has 0 amide bonds. The van der Waals surface area contributed by atoms with E-state index < -0.39 is 0 Å². The van der Waals surface area contributed by atoms with E-state index in [2.05, 4.69) is 34.6 Å². The molecule has 70 valence electrons. The molecular weight excluding hydrogens is 260 g/mol. The molecule has 1 aliphatic heterocycles. The van der Waals surface area contributed by atoms with Crippen LogP contribution >= 0.6 is 0 Å². The van der Waals surface area contributed by atoms with Gasteiger partial charge in [0.1, 0.15) is 0 Å². The first-order valence-electron chi connectivity index (χ1n) is 4.68. The van der Waals surface area contributed by atoms with Crippen LogP contribution in [0.25, 0.3) is 0 Å². The second kappa shape index (κ2) is 3.72. The monoisotopic (exact) mass is 282 g/mol. The average Bonchev–Trinajstić information content (AvgIpc) is 1.92. The minimum atomic E-state index is 0.259. The van der Waals surface area contributed by atoms with Gasteiger partial charge in [0.15, 0.2) is 0 Å². The Morgan fingerprint density at radius 3 is 2.17 bits per heavy atom. The Balaban J connectivity index is 2.67. The van der Waals surface area contributed by atoms with Crippen molar-refractivity contribution in [2.45, 2.75) is 49.5 Å². The third-order valence-corrected chi connectivity index (χ3v) is 8.04. The van der Waals surface area contributed by atoms with Gasteiger partial charge in [-0.3, -0.25) is 0 Å². The summed E-state index contributed by atoms with van der Waals surface area (Å²) < 4.78 is 2.49. The summed E-state index contributed by atoms with van der Waals surface area (Å²) in [7, 11) is 0. The Bertz CT molecular complexity index is 196. The molecule has 1 rings (SSSR count). The predicted molar refractivity (Wildman–Crippen MR) is 56.8 cm³/mol. The number of hydrogen-bond acceptors (Lipinski definition) is 0. The van der Waals surface area contributed by atoms with Gasteiger partial charge in [-0.1, -0.05) is 0 Å². The van der Waals surface area contributed by atoms with Gasteiger partial charge in [-0.05, 0) is 0 Å². The van der Waals surface area contributed by atoms with Crippen LogP contribution in [0.4, 0.5) is 0 Å². The van der Waals surface area contributed by atoms with Crippen LogP contribution in [0.2, 0.25) is 8.43 Å². The van der Waals surface area contributed by atoms with E-state index in [1.165, 1.54) is 10.9 Å². The molecule has 0 N–H and O–H groups in total. The minimum absolute atomic E-state index is 0.259. The van der Waals surface area contributed by atoms with Gasteiger partial charge in [-0.2, -0.15) is 0 Å². The van der Waals surface area contributed by atoms with Crippen molar-refractivity contribution in [1.82, 2.24) is 0 Å². The third kappa shape index (κ3) is 2.51. The standard InChI is InChI=1S/C11H20Te/c1-8-6-10(11(3,4)5)12-7-9(8)2/h10H,6-7H2,1-5H3. The maximum atomic E-state index is 2.40. The third-order valence-electron chi connectivity index (χ3n) is 2.69. The molecule has 0 aromatic rings. The van der Waals surface area contributed by atoms with Crippen molar-refractivity contribution in [1.29, 1.82) is 0 Å². The fourth-order valence-corrected chi connectivity index (χ4v) is 5.88. The van der Waals surface area contributed by atoms with E-state index in [0.717, 1.165) is 3.97 Å². The number of allylic oxidation sites excluding steroid dienone is 2. The predicted octanol–water partition coefficient (Wildman–Crippen LogP) is 3.68. The Kier molecular flexibility index (Phi) is 3.29. The van der Waals surface area contributed by atoms with Crippen molar-refractivity contribution in [3.63, 3.8) is 0 Å². The molecule has 0 radical (unpaired) electrons. The normalized spacial score (nSPS) is 26.2. The molecule has 0 fully saturated rings. The zero-order valence-electron chi connectivity index (χ0n) is 8.90. The molecule has 1 aliphatic rings. The van der Waals surface area contributed by atoms with E-state index in [-0.39, 0.29) is 20.9 Å². The van der Waals surface area contributed by atoms with Crippen LogP contribution < -0.4 is 0 Å².